The average Bonchev–Trinajstić information content (AvgIpc) is 2.62. The minimum atomic E-state index is 0. The monoisotopic (exact) mass is 241 g/mol. The number of rotatable bonds is 2. The van der Waals surface area contributed by atoms with Gasteiger partial charge in [-0.2, -0.15) is 0 Å². The highest BCUT2D eigenvalue weighted by Crippen LogP contribution is 2.43. The number of carbonyl (C=O) groups is 1. The van der Waals surface area contributed by atoms with Gasteiger partial charge < -0.3 is 10.5 Å². The molecule has 0 heterocycles. The van der Waals surface area contributed by atoms with Crippen LogP contribution in [0.2, 0.25) is 0 Å². The third kappa shape index (κ3) is 5.31. The van der Waals surface area contributed by atoms with Crippen LogP contribution >= 0.6 is 0 Å². The van der Waals surface area contributed by atoms with E-state index in [4.69, 9.17) is 10.5 Å². The summed E-state index contributed by atoms with van der Waals surface area (Å²) in [6.45, 7) is 13.6. The van der Waals surface area contributed by atoms with Crippen LogP contribution in [0.5, 0.6) is 0 Å². The Hall–Kier alpha value is -0.890. The third-order valence-electron chi connectivity index (χ3n) is 3.25. The lowest BCUT2D eigenvalue weighted by atomic mass is 9.77. The Morgan fingerprint density at radius 2 is 1.82 bits per heavy atom. The maximum Gasteiger partial charge on any atom is 0.116 e. The summed E-state index contributed by atoms with van der Waals surface area (Å²) >= 11 is 0. The maximum atomic E-state index is 8.81. The molecule has 2 nitrogen and oxygen atoms in total. The molecule has 0 aromatic carbocycles. The third-order valence-corrected chi connectivity index (χ3v) is 3.25. The fraction of sp³-hybridized carbons (Fsp3) is 0.667. The zero-order chi connectivity index (χ0) is 13.9. The topological polar surface area (TPSA) is 43.1 Å². The largest absolute Gasteiger partial charge is 0.327 e. The Kier molecular flexibility index (Phi) is 11.2. The van der Waals surface area contributed by atoms with Gasteiger partial charge in [0.25, 0.3) is 0 Å². The molecule has 0 radical (unpaired) electrons. The molecule has 1 saturated carbocycles. The quantitative estimate of drug-likeness (QED) is 0.587. The van der Waals surface area contributed by atoms with E-state index < -0.39 is 0 Å². The van der Waals surface area contributed by atoms with Crippen LogP contribution in [-0.2, 0) is 4.79 Å². The van der Waals surface area contributed by atoms with Gasteiger partial charge in [0.1, 0.15) is 6.29 Å². The number of nitrogens with two attached hydrogens (primary N) is 1. The molecule has 0 aromatic rings. The van der Waals surface area contributed by atoms with Crippen molar-refractivity contribution in [2.45, 2.75) is 53.5 Å². The SMILES string of the molecule is C=CC1(C)C(/C=C/C)CC[C@@H]1N.CC.CC=O.[HH]. The molecule has 102 valence electrons. The molecule has 0 saturated heterocycles. The lowest BCUT2D eigenvalue weighted by molar-refractivity contribution is -0.106. The average molecular weight is 241 g/mol. The van der Waals surface area contributed by atoms with Gasteiger partial charge in [0, 0.05) is 12.9 Å². The zero-order valence-electron chi connectivity index (χ0n) is 12.1. The summed E-state index contributed by atoms with van der Waals surface area (Å²) in [5.74, 6) is 0.593. The number of hydrogen-bond acceptors (Lipinski definition) is 2. The van der Waals surface area contributed by atoms with Crippen LogP contribution in [-0.4, -0.2) is 12.3 Å². The van der Waals surface area contributed by atoms with Gasteiger partial charge in [0.15, 0.2) is 0 Å². The van der Waals surface area contributed by atoms with Crippen LogP contribution in [0.4, 0.5) is 0 Å². The molecule has 0 aromatic heterocycles. The molecule has 0 bridgehead atoms. The molecule has 17 heavy (non-hydrogen) atoms. The second-order valence-electron chi connectivity index (χ2n) is 4.12. The Balaban J connectivity index is -0.000000329. The van der Waals surface area contributed by atoms with E-state index in [1.54, 1.807) is 0 Å². The molecule has 1 fully saturated rings. The Morgan fingerprint density at radius 1 is 1.35 bits per heavy atom. The fourth-order valence-electron chi connectivity index (χ4n) is 2.09. The van der Waals surface area contributed by atoms with E-state index in [1.807, 2.05) is 19.9 Å². The first kappa shape index (κ1) is 18.5. The molecule has 1 rings (SSSR count). The first-order valence-electron chi connectivity index (χ1n) is 6.48. The second-order valence-corrected chi connectivity index (χ2v) is 4.12. The van der Waals surface area contributed by atoms with Crippen LogP contribution < -0.4 is 5.73 Å². The summed E-state index contributed by atoms with van der Waals surface area (Å²) in [4.78, 5) is 8.81. The van der Waals surface area contributed by atoms with Crippen molar-refractivity contribution in [2.75, 3.05) is 0 Å². The van der Waals surface area contributed by atoms with Gasteiger partial charge in [0.2, 0.25) is 0 Å². The number of carbonyl (C=O) groups excluding carboxylic acids is 1. The summed E-state index contributed by atoms with van der Waals surface area (Å²) in [5, 5.41) is 0. The molecule has 2 unspecified atom stereocenters. The maximum absolute atomic E-state index is 8.81. The van der Waals surface area contributed by atoms with Crippen molar-refractivity contribution in [2.24, 2.45) is 17.1 Å². The smallest absolute Gasteiger partial charge is 0.116 e. The Labute approximate surface area is 108 Å². The molecule has 0 amide bonds. The molecule has 0 aliphatic heterocycles. The number of aldehydes is 1. The van der Waals surface area contributed by atoms with Crippen LogP contribution in [0.25, 0.3) is 0 Å². The van der Waals surface area contributed by atoms with E-state index in [0.717, 1.165) is 12.7 Å². The first-order chi connectivity index (χ1) is 8.06. The predicted octanol–water partition coefficient (Wildman–Crippen LogP) is 3.97. The zero-order valence-corrected chi connectivity index (χ0v) is 12.1. The van der Waals surface area contributed by atoms with Gasteiger partial charge in [-0.1, -0.05) is 39.0 Å². The minimum Gasteiger partial charge on any atom is -0.327 e. The molecule has 3 atom stereocenters. The highest BCUT2D eigenvalue weighted by molar-refractivity contribution is 5.44. The van der Waals surface area contributed by atoms with E-state index in [-0.39, 0.29) is 12.9 Å². The molecule has 1 aliphatic rings. The van der Waals surface area contributed by atoms with Gasteiger partial charge in [0.05, 0.1) is 0 Å². The van der Waals surface area contributed by atoms with E-state index in [9.17, 15) is 0 Å². The van der Waals surface area contributed by atoms with Crippen LogP contribution in [0.1, 0.15) is 48.9 Å². The number of allylic oxidation sites excluding steroid dienone is 2. The lowest BCUT2D eigenvalue weighted by Crippen LogP contribution is -2.36. The van der Waals surface area contributed by atoms with E-state index in [1.165, 1.54) is 13.3 Å². The van der Waals surface area contributed by atoms with E-state index in [2.05, 4.69) is 32.6 Å². The van der Waals surface area contributed by atoms with Crippen molar-refractivity contribution < 1.29 is 6.22 Å². The second kappa shape index (κ2) is 10.3. The molecular weight excluding hydrogens is 210 g/mol. The van der Waals surface area contributed by atoms with E-state index in [0.29, 0.717) is 5.92 Å². The summed E-state index contributed by atoms with van der Waals surface area (Å²) in [7, 11) is 0. The molecule has 1 aliphatic carbocycles. The summed E-state index contributed by atoms with van der Waals surface area (Å²) < 4.78 is 0. The van der Waals surface area contributed by atoms with Crippen molar-refractivity contribution in [1.82, 2.24) is 0 Å². The molecule has 2 N–H and O–H groups in total. The molecule has 2 heteroatoms. The minimum absolute atomic E-state index is 0. The van der Waals surface area contributed by atoms with Gasteiger partial charge in [-0.15, -0.1) is 6.58 Å². The van der Waals surface area contributed by atoms with Gasteiger partial charge in [-0.25, -0.2) is 0 Å². The van der Waals surface area contributed by atoms with Gasteiger partial charge in [-0.05, 0) is 32.6 Å². The predicted molar refractivity (Wildman–Crippen MR) is 79.0 cm³/mol. The van der Waals surface area contributed by atoms with E-state index >= 15 is 0 Å². The highest BCUT2D eigenvalue weighted by atomic mass is 16.1. The van der Waals surface area contributed by atoms with Crippen LogP contribution in [0, 0.1) is 11.3 Å². The lowest BCUT2D eigenvalue weighted by Gasteiger charge is -2.30. The highest BCUT2D eigenvalue weighted by Gasteiger charge is 2.40. The first-order valence-corrected chi connectivity index (χ1v) is 6.48. The van der Waals surface area contributed by atoms with Crippen LogP contribution in [0.3, 0.4) is 0 Å². The van der Waals surface area contributed by atoms with Crippen molar-refractivity contribution >= 4 is 6.29 Å². The van der Waals surface area contributed by atoms with Crippen LogP contribution in [0.15, 0.2) is 24.8 Å². The van der Waals surface area contributed by atoms with Gasteiger partial charge in [-0.3, -0.25) is 0 Å². The molecular formula is C15H31NO. The fourth-order valence-corrected chi connectivity index (χ4v) is 2.09. The Morgan fingerprint density at radius 3 is 2.18 bits per heavy atom. The normalized spacial score (nSPS) is 30.9. The standard InChI is InChI=1S/C11H19N.C2H4O.C2H6.H2/c1-4-6-9-7-8-10(12)11(9,3)5-2;1-2-3;1-2;/h4-6,9-10H,2,7-8,12H2,1,3H3;2H,1H3;1-2H3;1H/b6-4+;;;/t9?,10-,11?;;;/m0.../s1. The summed E-state index contributed by atoms with van der Waals surface area (Å²) in [6, 6.07) is 0.288. The summed E-state index contributed by atoms with van der Waals surface area (Å²) in [6.07, 6.45) is 9.47. The molecule has 0 spiro atoms. The van der Waals surface area contributed by atoms with Crippen molar-refractivity contribution in [3.8, 4) is 0 Å². The number of hydrogen-bond donors (Lipinski definition) is 1. The van der Waals surface area contributed by atoms with Crippen molar-refractivity contribution in [1.29, 1.82) is 0 Å². The van der Waals surface area contributed by atoms with Gasteiger partial charge >= 0.3 is 0 Å². The van der Waals surface area contributed by atoms with Crippen molar-refractivity contribution in [3.05, 3.63) is 24.8 Å². The van der Waals surface area contributed by atoms with Crippen molar-refractivity contribution in [3.63, 3.8) is 0 Å². The Bertz CT molecular complexity index is 241. The summed E-state index contributed by atoms with van der Waals surface area (Å²) in [5.41, 5.74) is 6.16.